The van der Waals surface area contributed by atoms with Crippen molar-refractivity contribution in [1.82, 2.24) is 10.2 Å². The van der Waals surface area contributed by atoms with Crippen LogP contribution < -0.4 is 14.8 Å². The third-order valence-electron chi connectivity index (χ3n) is 7.59. The van der Waals surface area contributed by atoms with Crippen molar-refractivity contribution in [3.05, 3.63) is 34.9 Å². The highest BCUT2D eigenvalue weighted by Gasteiger charge is 2.52. The number of carbonyl (C=O) groups excluding carboxylic acids is 2. The highest BCUT2D eigenvalue weighted by atomic mass is 16.5. The summed E-state index contributed by atoms with van der Waals surface area (Å²) in [6.45, 7) is -0.134. The van der Waals surface area contributed by atoms with Crippen LogP contribution in [0.15, 0.2) is 23.8 Å². The van der Waals surface area contributed by atoms with E-state index in [1.54, 1.807) is 30.2 Å². The Morgan fingerprint density at radius 1 is 1.16 bits per heavy atom. The van der Waals surface area contributed by atoms with Gasteiger partial charge in [0.05, 0.1) is 45.3 Å². The maximum absolute atomic E-state index is 13.5. The van der Waals surface area contributed by atoms with Crippen molar-refractivity contribution in [2.45, 2.75) is 75.3 Å². The molecule has 0 radical (unpaired) electrons. The predicted octanol–water partition coefficient (Wildman–Crippen LogP) is 1.01. The molecule has 0 aromatic heterocycles. The maximum Gasteiger partial charge on any atom is 0.247 e. The van der Waals surface area contributed by atoms with Gasteiger partial charge in [0, 0.05) is 30.8 Å². The first kappa shape index (κ1) is 27.4. The molecule has 3 aliphatic rings. The molecule has 10 nitrogen and oxygen atoms in total. The summed E-state index contributed by atoms with van der Waals surface area (Å²) in [5.41, 5.74) is 1.57. The number of nitrogens with one attached hydrogen (secondary N) is 1. The van der Waals surface area contributed by atoms with Gasteiger partial charge in [-0.3, -0.25) is 9.59 Å². The minimum absolute atomic E-state index is 0.0631. The van der Waals surface area contributed by atoms with Gasteiger partial charge in [0.2, 0.25) is 11.8 Å². The van der Waals surface area contributed by atoms with Gasteiger partial charge in [0.1, 0.15) is 12.2 Å². The number of ether oxygens (including phenoxy) is 3. The average molecular weight is 519 g/mol. The van der Waals surface area contributed by atoms with Gasteiger partial charge < -0.3 is 39.7 Å². The van der Waals surface area contributed by atoms with Gasteiger partial charge in [-0.2, -0.15) is 0 Å². The molecular weight excluding hydrogens is 480 g/mol. The van der Waals surface area contributed by atoms with Crippen LogP contribution in [-0.2, 0) is 20.9 Å². The lowest BCUT2D eigenvalue weighted by atomic mass is 9.76. The average Bonchev–Trinajstić information content (AvgIpc) is 3.32. The third kappa shape index (κ3) is 5.47. The van der Waals surface area contributed by atoms with Gasteiger partial charge in [0.25, 0.3) is 0 Å². The molecule has 1 aromatic carbocycles. The first-order valence-corrected chi connectivity index (χ1v) is 13.0. The van der Waals surface area contributed by atoms with Crippen LogP contribution >= 0.6 is 0 Å². The Hall–Kier alpha value is -2.66. The van der Waals surface area contributed by atoms with Crippen LogP contribution in [-0.4, -0.2) is 90.3 Å². The Morgan fingerprint density at radius 2 is 1.92 bits per heavy atom. The summed E-state index contributed by atoms with van der Waals surface area (Å²) in [4.78, 5) is 28.6. The fraction of sp³-hybridized carbons (Fsp3) is 0.630. The molecular formula is C27H38N2O8. The molecule has 0 saturated heterocycles. The monoisotopic (exact) mass is 518 g/mol. The molecule has 1 aliphatic heterocycles. The molecule has 0 spiro atoms. The molecule has 0 bridgehead atoms. The minimum Gasteiger partial charge on any atom is -0.493 e. The molecule has 1 heterocycles. The van der Waals surface area contributed by atoms with Crippen LogP contribution in [0, 0.1) is 0 Å². The number of hydrogen-bond donors (Lipinski definition) is 4. The van der Waals surface area contributed by atoms with E-state index in [-0.39, 0.29) is 44.7 Å². The fourth-order valence-corrected chi connectivity index (χ4v) is 5.88. The highest BCUT2D eigenvalue weighted by Crippen LogP contribution is 2.51. The second-order valence-corrected chi connectivity index (χ2v) is 9.85. The molecule has 4 rings (SSSR count). The molecule has 0 unspecified atom stereocenters. The van der Waals surface area contributed by atoms with Gasteiger partial charge in [-0.25, -0.2) is 0 Å². The van der Waals surface area contributed by atoms with Gasteiger partial charge in [0.15, 0.2) is 11.5 Å². The number of methoxy groups -OCH3 is 2. The number of rotatable bonds is 10. The second-order valence-electron chi connectivity index (χ2n) is 9.85. The Kier molecular flexibility index (Phi) is 9.07. The standard InChI is InChI=1S/C27H38N2O8/c1-35-11-8-22(32)29(17-6-4-3-5-7-17)20-14-19(27(34)28-9-10-30)23-18-12-16(15-31)13-21(36-2)25(18)37-26(23)24(20)33/h12-14,17,20,23-24,26,30-31,33H,3-11,15H2,1-2H3,(H,28,34)/t20-,23+,24+,26+/m1/s1. The van der Waals surface area contributed by atoms with Crippen molar-refractivity contribution >= 4 is 11.8 Å². The zero-order valence-corrected chi connectivity index (χ0v) is 21.5. The van der Waals surface area contributed by atoms with Crippen LogP contribution in [0.2, 0.25) is 0 Å². The summed E-state index contributed by atoms with van der Waals surface area (Å²) in [6, 6.07) is 2.58. The molecule has 204 valence electrons. The van der Waals surface area contributed by atoms with E-state index in [2.05, 4.69) is 5.32 Å². The Bertz CT molecular complexity index is 1010. The predicted molar refractivity (Wildman–Crippen MR) is 134 cm³/mol. The Morgan fingerprint density at radius 3 is 2.57 bits per heavy atom. The minimum atomic E-state index is -1.11. The highest BCUT2D eigenvalue weighted by molar-refractivity contribution is 5.96. The lowest BCUT2D eigenvalue weighted by Gasteiger charge is -2.45. The van der Waals surface area contributed by atoms with Crippen molar-refractivity contribution in [1.29, 1.82) is 0 Å². The first-order valence-electron chi connectivity index (χ1n) is 13.0. The zero-order chi connectivity index (χ0) is 26.5. The van der Waals surface area contributed by atoms with Gasteiger partial charge in [-0.05, 0) is 36.6 Å². The van der Waals surface area contributed by atoms with Crippen molar-refractivity contribution in [2.75, 3.05) is 34.0 Å². The number of fused-ring (bicyclic) bond motifs is 3. The number of hydrogen-bond acceptors (Lipinski definition) is 8. The van der Waals surface area contributed by atoms with Crippen molar-refractivity contribution in [3.8, 4) is 11.5 Å². The van der Waals surface area contributed by atoms with Gasteiger partial charge >= 0.3 is 0 Å². The number of aliphatic hydroxyl groups excluding tert-OH is 3. The first-order chi connectivity index (χ1) is 17.9. The van der Waals surface area contributed by atoms with Crippen molar-refractivity contribution in [2.24, 2.45) is 0 Å². The lowest BCUT2D eigenvalue weighted by Crippen LogP contribution is -2.58. The van der Waals surface area contributed by atoms with E-state index in [0.717, 1.165) is 32.1 Å². The lowest BCUT2D eigenvalue weighted by molar-refractivity contribution is -0.142. The number of benzene rings is 1. The van der Waals surface area contributed by atoms with Crippen LogP contribution in [0.3, 0.4) is 0 Å². The normalized spacial score (nSPS) is 24.9. The summed E-state index contributed by atoms with van der Waals surface area (Å²) in [6.07, 6.45) is 4.63. The Balaban J connectivity index is 1.80. The van der Waals surface area contributed by atoms with Gasteiger partial charge in [-0.15, -0.1) is 0 Å². The van der Waals surface area contributed by atoms with Crippen molar-refractivity contribution in [3.63, 3.8) is 0 Å². The summed E-state index contributed by atoms with van der Waals surface area (Å²) >= 11 is 0. The number of aliphatic hydroxyl groups is 3. The van der Waals surface area contributed by atoms with Gasteiger partial charge in [-0.1, -0.05) is 19.3 Å². The second kappa shape index (κ2) is 12.3. The number of amides is 2. The van der Waals surface area contributed by atoms with Crippen LogP contribution in [0.25, 0.3) is 0 Å². The van der Waals surface area contributed by atoms with E-state index in [1.807, 2.05) is 0 Å². The Labute approximate surface area is 217 Å². The SMILES string of the molecule is COCCC(=O)N(C1CCCCC1)[C@@H]1C=C(C(=O)NCCO)[C@@H]2c3cc(CO)cc(OC)c3O[C@@H]2[C@H]1O. The quantitative estimate of drug-likeness (QED) is 0.360. The summed E-state index contributed by atoms with van der Waals surface area (Å²) in [7, 11) is 3.03. The maximum atomic E-state index is 13.5. The molecule has 1 aromatic rings. The van der Waals surface area contributed by atoms with E-state index < -0.39 is 30.1 Å². The topological polar surface area (TPSA) is 138 Å². The summed E-state index contributed by atoms with van der Waals surface area (Å²) in [5.74, 6) is -0.375. The van der Waals surface area contributed by atoms with E-state index in [4.69, 9.17) is 14.2 Å². The van der Waals surface area contributed by atoms with Crippen molar-refractivity contribution < 1.29 is 39.1 Å². The summed E-state index contributed by atoms with van der Waals surface area (Å²) < 4.78 is 16.9. The smallest absolute Gasteiger partial charge is 0.247 e. The molecule has 4 atom stereocenters. The largest absolute Gasteiger partial charge is 0.493 e. The molecule has 2 aliphatic carbocycles. The summed E-state index contributed by atoms with van der Waals surface area (Å²) in [5, 5.41) is 33.5. The third-order valence-corrected chi connectivity index (χ3v) is 7.59. The van der Waals surface area contributed by atoms with E-state index in [1.165, 1.54) is 7.11 Å². The molecule has 10 heteroatoms. The molecule has 37 heavy (non-hydrogen) atoms. The van der Waals surface area contributed by atoms with Crippen LogP contribution in [0.4, 0.5) is 0 Å². The van der Waals surface area contributed by atoms with E-state index in [0.29, 0.717) is 28.2 Å². The van der Waals surface area contributed by atoms with E-state index >= 15 is 0 Å². The van der Waals surface area contributed by atoms with Crippen LogP contribution in [0.1, 0.15) is 55.6 Å². The van der Waals surface area contributed by atoms with E-state index in [9.17, 15) is 24.9 Å². The number of carbonyl (C=O) groups is 2. The number of nitrogens with zero attached hydrogens (tertiary/aromatic N) is 1. The molecule has 2 amide bonds. The molecule has 1 saturated carbocycles. The van der Waals surface area contributed by atoms with Crippen LogP contribution in [0.5, 0.6) is 11.5 Å². The molecule has 1 fully saturated rings. The molecule has 4 N–H and O–H groups in total. The fourth-order valence-electron chi connectivity index (χ4n) is 5.88. The zero-order valence-electron chi connectivity index (χ0n) is 21.5.